The SMILES string of the molecule is O=P1(c2ccccc2)[C@@H](c2ccccc2)CC[C@@H]1c1ccccc1. The minimum absolute atomic E-state index is 0.117. The summed E-state index contributed by atoms with van der Waals surface area (Å²) in [5, 5.41) is 1.02. The summed E-state index contributed by atoms with van der Waals surface area (Å²) in [6, 6.07) is 30.9. The molecule has 3 aromatic rings. The first kappa shape index (κ1) is 15.4. The lowest BCUT2D eigenvalue weighted by molar-refractivity contribution is 0.573. The van der Waals surface area contributed by atoms with Gasteiger partial charge in [-0.3, -0.25) is 0 Å². The van der Waals surface area contributed by atoms with Crippen molar-refractivity contribution in [1.29, 1.82) is 0 Å². The van der Waals surface area contributed by atoms with Crippen LogP contribution in [0.2, 0.25) is 0 Å². The van der Waals surface area contributed by atoms with E-state index in [0.29, 0.717) is 0 Å². The highest BCUT2D eigenvalue weighted by atomic mass is 31.2. The molecule has 1 nitrogen and oxygen atoms in total. The Bertz CT molecular complexity index is 791. The summed E-state index contributed by atoms with van der Waals surface area (Å²) in [4.78, 5) is 0. The van der Waals surface area contributed by atoms with Crippen molar-refractivity contribution in [3.63, 3.8) is 0 Å². The van der Waals surface area contributed by atoms with Crippen LogP contribution in [0.25, 0.3) is 0 Å². The van der Waals surface area contributed by atoms with E-state index >= 15 is 0 Å². The van der Waals surface area contributed by atoms with Crippen molar-refractivity contribution in [2.75, 3.05) is 0 Å². The van der Waals surface area contributed by atoms with Crippen LogP contribution in [-0.4, -0.2) is 0 Å². The third-order valence-electron chi connectivity index (χ3n) is 5.17. The summed E-state index contributed by atoms with van der Waals surface area (Å²) in [6.07, 6.45) is 1.96. The smallest absolute Gasteiger partial charge is 0.129 e. The van der Waals surface area contributed by atoms with Crippen LogP contribution in [0.5, 0.6) is 0 Å². The van der Waals surface area contributed by atoms with Crippen LogP contribution in [0, 0.1) is 0 Å². The predicted octanol–water partition coefficient (Wildman–Crippen LogP) is 5.95. The Morgan fingerprint density at radius 2 is 0.958 bits per heavy atom. The van der Waals surface area contributed by atoms with Gasteiger partial charge in [-0.2, -0.15) is 0 Å². The van der Waals surface area contributed by atoms with Gasteiger partial charge in [-0.05, 0) is 24.0 Å². The number of hydrogen-bond acceptors (Lipinski definition) is 1. The molecule has 0 N–H and O–H groups in total. The summed E-state index contributed by atoms with van der Waals surface area (Å²) >= 11 is 0. The molecule has 0 amide bonds. The summed E-state index contributed by atoms with van der Waals surface area (Å²) in [6.45, 7) is 0. The zero-order valence-electron chi connectivity index (χ0n) is 13.6. The molecular weight excluding hydrogens is 311 g/mol. The van der Waals surface area contributed by atoms with Crippen molar-refractivity contribution >= 4 is 12.4 Å². The Balaban J connectivity index is 1.87. The van der Waals surface area contributed by atoms with E-state index in [9.17, 15) is 4.57 Å². The number of hydrogen-bond donors (Lipinski definition) is 0. The van der Waals surface area contributed by atoms with Crippen LogP contribution < -0.4 is 5.30 Å². The molecule has 2 atom stereocenters. The Morgan fingerprint density at radius 3 is 1.38 bits per heavy atom. The van der Waals surface area contributed by atoms with Gasteiger partial charge >= 0.3 is 0 Å². The average molecular weight is 332 g/mol. The van der Waals surface area contributed by atoms with Crippen molar-refractivity contribution in [3.8, 4) is 0 Å². The van der Waals surface area contributed by atoms with E-state index in [1.807, 2.05) is 30.3 Å². The maximum Gasteiger partial charge on any atom is 0.129 e. The molecule has 0 aromatic heterocycles. The molecule has 0 radical (unpaired) electrons. The second-order valence-electron chi connectivity index (χ2n) is 6.48. The van der Waals surface area contributed by atoms with Crippen molar-refractivity contribution in [3.05, 3.63) is 102 Å². The van der Waals surface area contributed by atoms with E-state index in [1.165, 1.54) is 11.1 Å². The summed E-state index contributed by atoms with van der Waals surface area (Å²) in [5.41, 5.74) is 2.66. The zero-order valence-corrected chi connectivity index (χ0v) is 14.5. The fourth-order valence-corrected chi connectivity index (χ4v) is 8.15. The molecule has 0 bridgehead atoms. The fourth-order valence-electron chi connectivity index (χ4n) is 4.06. The van der Waals surface area contributed by atoms with Crippen LogP contribution in [0.3, 0.4) is 0 Å². The van der Waals surface area contributed by atoms with Gasteiger partial charge in [-0.1, -0.05) is 91.0 Å². The standard InChI is InChI=1S/C22H21OP/c23-24(20-14-8-3-9-15-20)21(18-10-4-1-5-11-18)16-17-22(24)19-12-6-2-7-13-19/h1-15,21-22H,16-17H2/t21-,22-/m1/s1. The molecule has 0 unspecified atom stereocenters. The first-order valence-corrected chi connectivity index (χ1v) is 10.4. The van der Waals surface area contributed by atoms with E-state index in [1.54, 1.807) is 0 Å². The van der Waals surface area contributed by atoms with E-state index in [4.69, 9.17) is 0 Å². The second-order valence-corrected chi connectivity index (χ2v) is 9.66. The van der Waals surface area contributed by atoms with Gasteiger partial charge in [0, 0.05) is 16.6 Å². The highest BCUT2D eigenvalue weighted by Crippen LogP contribution is 2.75. The quantitative estimate of drug-likeness (QED) is 0.542. The molecule has 1 saturated heterocycles. The van der Waals surface area contributed by atoms with Crippen molar-refractivity contribution in [2.24, 2.45) is 0 Å². The van der Waals surface area contributed by atoms with Gasteiger partial charge < -0.3 is 4.57 Å². The minimum atomic E-state index is -2.59. The molecule has 0 aliphatic carbocycles. The molecule has 1 heterocycles. The van der Waals surface area contributed by atoms with Gasteiger partial charge in [0.15, 0.2) is 0 Å². The molecule has 24 heavy (non-hydrogen) atoms. The Morgan fingerprint density at radius 1 is 0.583 bits per heavy atom. The van der Waals surface area contributed by atoms with Crippen LogP contribution in [0.15, 0.2) is 91.0 Å². The van der Waals surface area contributed by atoms with Crippen molar-refractivity contribution < 1.29 is 4.57 Å². The first-order valence-electron chi connectivity index (χ1n) is 8.55. The maximum absolute atomic E-state index is 14.5. The molecule has 1 fully saturated rings. The lowest BCUT2D eigenvalue weighted by Crippen LogP contribution is -2.11. The Hall–Kier alpha value is -2.11. The molecule has 0 spiro atoms. The largest absolute Gasteiger partial charge is 0.317 e. The highest BCUT2D eigenvalue weighted by molar-refractivity contribution is 7.72. The van der Waals surface area contributed by atoms with Crippen LogP contribution >= 0.6 is 7.14 Å². The Kier molecular flexibility index (Phi) is 4.12. The van der Waals surface area contributed by atoms with Crippen LogP contribution in [0.4, 0.5) is 0 Å². The molecule has 1 aliphatic heterocycles. The summed E-state index contributed by atoms with van der Waals surface area (Å²) in [5.74, 6) is 0. The Labute approximate surface area is 143 Å². The second kappa shape index (κ2) is 6.42. The predicted molar refractivity (Wildman–Crippen MR) is 101 cm³/mol. The molecule has 1 aliphatic rings. The van der Waals surface area contributed by atoms with Gasteiger partial charge in [-0.15, -0.1) is 0 Å². The lowest BCUT2D eigenvalue weighted by atomic mass is 10.0. The van der Waals surface area contributed by atoms with E-state index in [0.717, 1.165) is 18.1 Å². The normalized spacial score (nSPS) is 22.3. The summed E-state index contributed by atoms with van der Waals surface area (Å²) in [7, 11) is -2.59. The molecule has 2 heteroatoms. The van der Waals surface area contributed by atoms with Gasteiger partial charge in [0.25, 0.3) is 0 Å². The lowest BCUT2D eigenvalue weighted by Gasteiger charge is -2.27. The topological polar surface area (TPSA) is 17.1 Å². The van der Waals surface area contributed by atoms with Gasteiger partial charge in [-0.25, -0.2) is 0 Å². The van der Waals surface area contributed by atoms with E-state index < -0.39 is 7.14 Å². The van der Waals surface area contributed by atoms with Gasteiger partial charge in [0.2, 0.25) is 0 Å². The fraction of sp³-hybridized carbons (Fsp3) is 0.182. The minimum Gasteiger partial charge on any atom is -0.317 e. The van der Waals surface area contributed by atoms with Gasteiger partial charge in [0.1, 0.15) is 7.14 Å². The van der Waals surface area contributed by atoms with E-state index in [-0.39, 0.29) is 11.3 Å². The third-order valence-corrected chi connectivity index (χ3v) is 9.24. The average Bonchev–Trinajstić information content (AvgIpc) is 3.02. The van der Waals surface area contributed by atoms with Crippen molar-refractivity contribution in [1.82, 2.24) is 0 Å². The van der Waals surface area contributed by atoms with Gasteiger partial charge in [0.05, 0.1) is 0 Å². The molecule has 3 aromatic carbocycles. The zero-order chi connectivity index (χ0) is 16.4. The molecule has 0 saturated carbocycles. The molecular formula is C22H21OP. The van der Waals surface area contributed by atoms with Crippen LogP contribution in [0.1, 0.15) is 35.3 Å². The van der Waals surface area contributed by atoms with Crippen molar-refractivity contribution in [2.45, 2.75) is 24.2 Å². The van der Waals surface area contributed by atoms with E-state index in [2.05, 4.69) is 60.7 Å². The number of rotatable bonds is 3. The number of benzene rings is 3. The van der Waals surface area contributed by atoms with Crippen LogP contribution in [-0.2, 0) is 4.57 Å². The maximum atomic E-state index is 14.5. The monoisotopic (exact) mass is 332 g/mol. The molecule has 4 rings (SSSR count). The highest BCUT2D eigenvalue weighted by Gasteiger charge is 2.48. The first-order chi connectivity index (χ1) is 11.8. The molecule has 120 valence electrons. The summed E-state index contributed by atoms with van der Waals surface area (Å²) < 4.78 is 14.5. The third kappa shape index (κ3) is 2.54.